The van der Waals surface area contributed by atoms with Crippen LogP contribution in [0.3, 0.4) is 0 Å². The summed E-state index contributed by atoms with van der Waals surface area (Å²) < 4.78 is 0. The van der Waals surface area contributed by atoms with Crippen molar-refractivity contribution in [3.8, 4) is 0 Å². The van der Waals surface area contributed by atoms with Crippen LogP contribution in [-0.4, -0.2) is 60.1 Å². The monoisotopic (exact) mass is 572 g/mol. The molecule has 2 fully saturated rings. The molecule has 0 atom stereocenters. The van der Waals surface area contributed by atoms with Crippen LogP contribution in [0, 0.1) is 0 Å². The summed E-state index contributed by atoms with van der Waals surface area (Å²) in [5.74, 6) is -1.26. The maximum Gasteiger partial charge on any atom is 0.303 e. The van der Waals surface area contributed by atoms with E-state index in [-0.39, 0.29) is 24.7 Å². The predicted octanol–water partition coefficient (Wildman–Crippen LogP) is 4.87. The number of carboxylic acid groups (broad SMARTS) is 2. The number of aliphatic carboxylic acids is 2. The molecule has 8 N–H and O–H groups in total. The number of carbonyl (C=O) groups excluding carboxylic acids is 2. The molecule has 2 saturated heterocycles. The standard InChI is InChI=1S/C12H23NO.C6H16N2.C6H11NO.C6H10O4/c14-12-10-8-6-4-2-1-3-5-7-9-11-13-12;7-5-3-1-2-4-6-8;8-6-4-2-1-3-5-7-6;7-5(8)3-1-2-4-6(9)10/h1-11H2,(H,13,14);1-8H2;1-5H2,(H,7,8);1-4H2,(H,7,8)(H,9,10). The predicted molar refractivity (Wildman–Crippen MR) is 161 cm³/mol. The Labute approximate surface area is 242 Å². The summed E-state index contributed by atoms with van der Waals surface area (Å²) in [6.45, 7) is 3.42. The number of hydrogen-bond donors (Lipinski definition) is 6. The number of unbranched alkanes of at least 4 members (excludes halogenated alkanes) is 4. The van der Waals surface area contributed by atoms with E-state index < -0.39 is 11.9 Å². The first-order valence-electron chi connectivity index (χ1n) is 15.7. The van der Waals surface area contributed by atoms with Crippen LogP contribution >= 0.6 is 0 Å². The average Bonchev–Trinajstić information content (AvgIpc) is 3.16. The Balaban J connectivity index is 0. The van der Waals surface area contributed by atoms with E-state index in [0.29, 0.717) is 12.8 Å². The fourth-order valence-electron chi connectivity index (χ4n) is 4.06. The van der Waals surface area contributed by atoms with Gasteiger partial charge in [0.15, 0.2) is 0 Å². The molecule has 0 unspecified atom stereocenters. The van der Waals surface area contributed by atoms with Gasteiger partial charge in [-0.05, 0) is 64.5 Å². The van der Waals surface area contributed by atoms with Crippen molar-refractivity contribution in [1.82, 2.24) is 10.6 Å². The zero-order chi connectivity index (χ0) is 30.1. The molecule has 0 aromatic carbocycles. The van der Waals surface area contributed by atoms with Crippen molar-refractivity contribution in [1.29, 1.82) is 0 Å². The fraction of sp³-hybridized carbons (Fsp3) is 0.867. The number of carboxylic acids is 2. The molecule has 10 heteroatoms. The van der Waals surface area contributed by atoms with Crippen LogP contribution in [0.5, 0.6) is 0 Å². The Hall–Kier alpha value is -2.20. The molecule has 0 radical (unpaired) electrons. The first-order chi connectivity index (χ1) is 19.3. The molecular weight excluding hydrogens is 512 g/mol. The minimum Gasteiger partial charge on any atom is -0.481 e. The van der Waals surface area contributed by atoms with Gasteiger partial charge in [0.25, 0.3) is 0 Å². The van der Waals surface area contributed by atoms with Crippen LogP contribution in [0.1, 0.15) is 141 Å². The van der Waals surface area contributed by atoms with E-state index in [1.807, 2.05) is 0 Å². The molecule has 2 heterocycles. The van der Waals surface area contributed by atoms with Crippen molar-refractivity contribution in [2.75, 3.05) is 26.2 Å². The smallest absolute Gasteiger partial charge is 0.303 e. The lowest BCUT2D eigenvalue weighted by molar-refractivity contribution is -0.139. The van der Waals surface area contributed by atoms with Gasteiger partial charge in [-0.25, -0.2) is 0 Å². The quantitative estimate of drug-likeness (QED) is 0.200. The molecule has 40 heavy (non-hydrogen) atoms. The van der Waals surface area contributed by atoms with Gasteiger partial charge >= 0.3 is 11.9 Å². The summed E-state index contributed by atoms with van der Waals surface area (Å²) in [6.07, 6.45) is 22.3. The van der Waals surface area contributed by atoms with E-state index in [1.54, 1.807) is 0 Å². The second-order valence-electron chi connectivity index (χ2n) is 10.4. The Morgan fingerprint density at radius 3 is 1.20 bits per heavy atom. The number of hydrogen-bond acceptors (Lipinski definition) is 6. The number of rotatable bonds is 10. The van der Waals surface area contributed by atoms with Gasteiger partial charge < -0.3 is 32.3 Å². The van der Waals surface area contributed by atoms with E-state index in [0.717, 1.165) is 77.5 Å². The molecule has 2 aliphatic heterocycles. The molecule has 0 saturated carbocycles. The Kier molecular flexibility index (Phi) is 33.0. The maximum absolute atomic E-state index is 11.3. The molecule has 0 aromatic heterocycles. The third kappa shape index (κ3) is 37.9. The molecule has 236 valence electrons. The Morgan fingerprint density at radius 1 is 0.525 bits per heavy atom. The normalized spacial score (nSPS) is 16.6. The Bertz CT molecular complexity index is 571. The van der Waals surface area contributed by atoms with Gasteiger partial charge in [-0.2, -0.15) is 0 Å². The highest BCUT2D eigenvalue weighted by Gasteiger charge is 2.04. The van der Waals surface area contributed by atoms with Crippen molar-refractivity contribution in [3.05, 3.63) is 0 Å². The summed E-state index contributed by atoms with van der Waals surface area (Å²) in [4.78, 5) is 41.6. The van der Waals surface area contributed by atoms with Crippen LogP contribution in [0.2, 0.25) is 0 Å². The Morgan fingerprint density at radius 2 is 0.850 bits per heavy atom. The molecular formula is C30H60N4O6. The molecule has 0 aromatic rings. The molecule has 2 rings (SSSR count). The molecule has 2 aliphatic rings. The SMILES string of the molecule is NCCCCCCN.O=C(O)CCCCC(=O)O.O=C1CCCCCCCCCCCN1.O=C1CCCCCN1. The van der Waals surface area contributed by atoms with Gasteiger partial charge in [-0.1, -0.05) is 64.2 Å². The second kappa shape index (κ2) is 33.0. The molecule has 2 amide bonds. The van der Waals surface area contributed by atoms with E-state index in [4.69, 9.17) is 21.7 Å². The third-order valence-corrected chi connectivity index (χ3v) is 6.50. The summed E-state index contributed by atoms with van der Waals surface area (Å²) in [6, 6.07) is 0. The van der Waals surface area contributed by atoms with Crippen LogP contribution in [0.4, 0.5) is 0 Å². The minimum absolute atomic E-state index is 0.0628. The number of carbonyl (C=O) groups is 4. The number of nitrogens with one attached hydrogen (secondary N) is 2. The van der Waals surface area contributed by atoms with Crippen molar-refractivity contribution >= 4 is 23.8 Å². The molecule has 10 nitrogen and oxygen atoms in total. The maximum atomic E-state index is 11.3. The summed E-state index contributed by atoms with van der Waals surface area (Å²) in [7, 11) is 0. The minimum atomic E-state index is -0.870. The van der Waals surface area contributed by atoms with Gasteiger partial charge in [-0.15, -0.1) is 0 Å². The highest BCUT2D eigenvalue weighted by atomic mass is 16.4. The van der Waals surface area contributed by atoms with Crippen molar-refractivity contribution in [2.45, 2.75) is 141 Å². The van der Waals surface area contributed by atoms with Gasteiger partial charge in [-0.3, -0.25) is 19.2 Å². The molecule has 0 bridgehead atoms. The zero-order valence-electron chi connectivity index (χ0n) is 25.1. The van der Waals surface area contributed by atoms with Gasteiger partial charge in [0.2, 0.25) is 11.8 Å². The highest BCUT2D eigenvalue weighted by Crippen LogP contribution is 2.11. The number of nitrogens with two attached hydrogens (primary N) is 2. The second-order valence-corrected chi connectivity index (χ2v) is 10.4. The fourth-order valence-corrected chi connectivity index (χ4v) is 4.06. The van der Waals surface area contributed by atoms with E-state index >= 15 is 0 Å². The van der Waals surface area contributed by atoms with Crippen molar-refractivity contribution in [2.24, 2.45) is 11.5 Å². The zero-order valence-corrected chi connectivity index (χ0v) is 25.1. The van der Waals surface area contributed by atoms with Crippen LogP contribution in [0.25, 0.3) is 0 Å². The van der Waals surface area contributed by atoms with Crippen LogP contribution in [-0.2, 0) is 19.2 Å². The van der Waals surface area contributed by atoms with Crippen molar-refractivity contribution < 1.29 is 29.4 Å². The highest BCUT2D eigenvalue weighted by molar-refractivity contribution is 5.76. The van der Waals surface area contributed by atoms with Crippen LogP contribution in [0.15, 0.2) is 0 Å². The number of amides is 2. The van der Waals surface area contributed by atoms with E-state index in [9.17, 15) is 19.2 Å². The van der Waals surface area contributed by atoms with Gasteiger partial charge in [0.05, 0.1) is 0 Å². The summed E-state index contributed by atoms with van der Waals surface area (Å²) in [5, 5.41) is 22.1. The lowest BCUT2D eigenvalue weighted by Gasteiger charge is -2.03. The topological polar surface area (TPSA) is 185 Å². The van der Waals surface area contributed by atoms with Crippen LogP contribution < -0.4 is 22.1 Å². The third-order valence-electron chi connectivity index (χ3n) is 6.50. The lowest BCUT2D eigenvalue weighted by Crippen LogP contribution is -2.23. The van der Waals surface area contributed by atoms with E-state index in [2.05, 4.69) is 10.6 Å². The first-order valence-corrected chi connectivity index (χ1v) is 15.7. The van der Waals surface area contributed by atoms with Gasteiger partial charge in [0, 0.05) is 38.8 Å². The average molecular weight is 573 g/mol. The summed E-state index contributed by atoms with van der Waals surface area (Å²) in [5.41, 5.74) is 10.6. The molecule has 0 spiro atoms. The van der Waals surface area contributed by atoms with Crippen molar-refractivity contribution in [3.63, 3.8) is 0 Å². The van der Waals surface area contributed by atoms with E-state index in [1.165, 1.54) is 64.2 Å². The lowest BCUT2D eigenvalue weighted by atomic mass is 10.1. The largest absolute Gasteiger partial charge is 0.481 e. The first kappa shape index (κ1) is 39.9. The van der Waals surface area contributed by atoms with Gasteiger partial charge in [0.1, 0.15) is 0 Å². The molecule has 0 aliphatic carbocycles. The summed E-state index contributed by atoms with van der Waals surface area (Å²) >= 11 is 0.